The van der Waals surface area contributed by atoms with Crippen LogP contribution < -0.4 is 5.56 Å². The molecular weight excluding hydrogens is 377 g/mol. The second kappa shape index (κ2) is 7.57. The molecule has 0 aliphatic heterocycles. The molecule has 134 valence electrons. The van der Waals surface area contributed by atoms with Crippen LogP contribution in [0.3, 0.4) is 0 Å². The summed E-state index contributed by atoms with van der Waals surface area (Å²) in [5.41, 5.74) is -2.53. The van der Waals surface area contributed by atoms with Gasteiger partial charge >= 0.3 is 23.2 Å². The van der Waals surface area contributed by atoms with Crippen LogP contribution in [0.1, 0.15) is 5.56 Å². The minimum Gasteiger partial charge on any atom is -0.501 e. The van der Waals surface area contributed by atoms with E-state index < -0.39 is 44.4 Å². The molecule has 14 heteroatoms. The molecule has 2 aromatic heterocycles. The highest BCUT2D eigenvalue weighted by Crippen LogP contribution is 2.33. The average Bonchev–Trinajstić information content (AvgIpc) is 2.48. The third kappa shape index (κ3) is 5.42. The van der Waals surface area contributed by atoms with E-state index in [1.165, 1.54) is 6.20 Å². The fourth-order valence-corrected chi connectivity index (χ4v) is 1.48. The summed E-state index contributed by atoms with van der Waals surface area (Å²) in [6.45, 7) is 0. The van der Waals surface area contributed by atoms with Crippen molar-refractivity contribution < 1.29 is 28.1 Å². The summed E-state index contributed by atoms with van der Waals surface area (Å²) >= 11 is 5.39. The van der Waals surface area contributed by atoms with Crippen molar-refractivity contribution in [2.45, 2.75) is 6.18 Å². The molecule has 2 heterocycles. The van der Waals surface area contributed by atoms with Gasteiger partial charge in [-0.2, -0.15) is 13.2 Å². The molecule has 0 spiro atoms. The maximum Gasteiger partial charge on any atom is 0.420 e. The van der Waals surface area contributed by atoms with Crippen LogP contribution >= 0.6 is 11.6 Å². The molecule has 0 aliphatic rings. The molecule has 10 nitrogen and oxygen atoms in total. The molecule has 2 N–H and O–H groups in total. The number of rotatable bonds is 2. The van der Waals surface area contributed by atoms with Gasteiger partial charge in [0.2, 0.25) is 5.75 Å². The minimum absolute atomic E-state index is 0.135. The Balaban J connectivity index is 0.000000257. The molecule has 0 unspecified atom stereocenters. The number of H-pyrrole nitrogens is 1. The molecule has 0 amide bonds. The molecule has 0 bridgehead atoms. The number of nitro groups is 2. The van der Waals surface area contributed by atoms with Gasteiger partial charge in [0.15, 0.2) is 6.20 Å². The van der Waals surface area contributed by atoms with Gasteiger partial charge < -0.3 is 20.2 Å². The molecule has 0 aromatic carbocycles. The van der Waals surface area contributed by atoms with Gasteiger partial charge in [0.05, 0.1) is 9.95 Å². The summed E-state index contributed by atoms with van der Waals surface area (Å²) in [5, 5.41) is 29.1. The Morgan fingerprint density at radius 1 is 1.20 bits per heavy atom. The Labute approximate surface area is 139 Å². The first-order valence-corrected chi connectivity index (χ1v) is 6.24. The fourth-order valence-electron chi connectivity index (χ4n) is 1.32. The van der Waals surface area contributed by atoms with E-state index in [-0.39, 0.29) is 17.3 Å². The predicted molar refractivity (Wildman–Crippen MR) is 76.3 cm³/mol. The van der Waals surface area contributed by atoms with Crippen LogP contribution in [0.15, 0.2) is 29.3 Å². The highest BCUT2D eigenvalue weighted by Gasteiger charge is 2.34. The standard InChI is InChI=1S/C6H3F3N2O3.C5H3ClN2O3/c7-6(8,9)3-1-4(12)5(10-2-3)11(13)14;6-3-1-4(8(10)11)5(9)7-2-3/h1-2,12H;1-2H,(H,7,9). The first-order chi connectivity index (χ1) is 11.4. The summed E-state index contributed by atoms with van der Waals surface area (Å²) in [7, 11) is 0. The summed E-state index contributed by atoms with van der Waals surface area (Å²) < 4.78 is 35.9. The highest BCUT2D eigenvalue weighted by atomic mass is 35.5. The maximum absolute atomic E-state index is 12.0. The molecule has 0 saturated carbocycles. The highest BCUT2D eigenvalue weighted by molar-refractivity contribution is 6.30. The Morgan fingerprint density at radius 2 is 1.80 bits per heavy atom. The van der Waals surface area contributed by atoms with Crippen molar-refractivity contribution in [2.75, 3.05) is 0 Å². The van der Waals surface area contributed by atoms with Gasteiger partial charge in [-0.05, 0) is 9.91 Å². The predicted octanol–water partition coefficient (Wildman–Crippen LogP) is 2.65. The van der Waals surface area contributed by atoms with E-state index in [0.29, 0.717) is 0 Å². The Bertz CT molecular complexity index is 870. The zero-order valence-electron chi connectivity index (χ0n) is 11.7. The van der Waals surface area contributed by atoms with Gasteiger partial charge in [-0.25, -0.2) is 0 Å². The normalized spacial score (nSPS) is 10.6. The smallest absolute Gasteiger partial charge is 0.420 e. The van der Waals surface area contributed by atoms with E-state index in [0.717, 1.165) is 6.07 Å². The van der Waals surface area contributed by atoms with Gasteiger partial charge in [-0.3, -0.25) is 14.9 Å². The van der Waals surface area contributed by atoms with Crippen LogP contribution in [0, 0.1) is 20.2 Å². The van der Waals surface area contributed by atoms with E-state index >= 15 is 0 Å². The number of halogens is 4. The molecule has 2 aromatic rings. The zero-order valence-corrected chi connectivity index (χ0v) is 12.4. The number of aromatic nitrogens is 2. The third-order valence-electron chi connectivity index (χ3n) is 2.39. The van der Waals surface area contributed by atoms with Crippen LogP contribution in [0.2, 0.25) is 5.02 Å². The largest absolute Gasteiger partial charge is 0.501 e. The molecule has 0 aliphatic carbocycles. The molecule has 2 rings (SSSR count). The van der Waals surface area contributed by atoms with Gasteiger partial charge in [-0.15, -0.1) is 0 Å². The second-order valence-corrected chi connectivity index (χ2v) is 4.55. The van der Waals surface area contributed by atoms with Crippen molar-refractivity contribution in [3.8, 4) is 5.75 Å². The van der Waals surface area contributed by atoms with E-state index in [9.17, 15) is 38.2 Å². The van der Waals surface area contributed by atoms with E-state index in [2.05, 4.69) is 9.97 Å². The lowest BCUT2D eigenvalue weighted by atomic mass is 10.2. The van der Waals surface area contributed by atoms with Crippen LogP contribution in [0.25, 0.3) is 0 Å². The number of nitrogens with one attached hydrogen (secondary N) is 1. The van der Waals surface area contributed by atoms with Crippen molar-refractivity contribution in [3.63, 3.8) is 0 Å². The van der Waals surface area contributed by atoms with Crippen molar-refractivity contribution >= 4 is 23.1 Å². The fraction of sp³-hybridized carbons (Fsp3) is 0.0909. The molecule has 0 saturated heterocycles. The summed E-state index contributed by atoms with van der Waals surface area (Å²) in [6, 6.07) is 1.26. The second-order valence-electron chi connectivity index (χ2n) is 4.11. The van der Waals surface area contributed by atoms with E-state index in [1.807, 2.05) is 0 Å². The van der Waals surface area contributed by atoms with Crippen LogP contribution in [-0.2, 0) is 6.18 Å². The molecule has 0 fully saturated rings. The topological polar surface area (TPSA) is 152 Å². The van der Waals surface area contributed by atoms with Crippen molar-refractivity contribution in [3.05, 3.63) is 65.7 Å². The van der Waals surface area contributed by atoms with Gasteiger partial charge in [-0.1, -0.05) is 11.6 Å². The lowest BCUT2D eigenvalue weighted by Gasteiger charge is -2.04. The lowest BCUT2D eigenvalue weighted by Crippen LogP contribution is -2.09. The van der Waals surface area contributed by atoms with Crippen LogP contribution in [-0.4, -0.2) is 24.9 Å². The number of pyridine rings is 2. The van der Waals surface area contributed by atoms with Gasteiger partial charge in [0.25, 0.3) is 0 Å². The van der Waals surface area contributed by atoms with Crippen LogP contribution in [0.4, 0.5) is 24.7 Å². The molecule has 0 radical (unpaired) electrons. The Hall–Kier alpha value is -3.22. The SMILES string of the molecule is O=[N+]([O-])c1ncc(C(F)(F)F)cc1O.O=c1[nH]cc(Cl)cc1[N+](=O)[O-]. The molecular formula is C11H6ClF3N4O6. The minimum atomic E-state index is -4.68. The maximum atomic E-state index is 12.0. The first kappa shape index (κ1) is 19.8. The van der Waals surface area contributed by atoms with E-state index in [1.54, 1.807) is 0 Å². The monoisotopic (exact) mass is 382 g/mol. The zero-order chi connectivity index (χ0) is 19.4. The summed E-state index contributed by atoms with van der Waals surface area (Å²) in [6.07, 6.45) is -3.20. The lowest BCUT2D eigenvalue weighted by molar-refractivity contribution is -0.390. The summed E-state index contributed by atoms with van der Waals surface area (Å²) in [5.74, 6) is -2.11. The average molecular weight is 383 g/mol. The first-order valence-electron chi connectivity index (χ1n) is 5.86. The van der Waals surface area contributed by atoms with Crippen LogP contribution in [0.5, 0.6) is 5.75 Å². The third-order valence-corrected chi connectivity index (χ3v) is 2.61. The molecule has 25 heavy (non-hydrogen) atoms. The molecule has 0 atom stereocenters. The Kier molecular flexibility index (Phi) is 6.00. The number of aromatic amines is 1. The Morgan fingerprint density at radius 3 is 2.20 bits per heavy atom. The van der Waals surface area contributed by atoms with Crippen molar-refractivity contribution in [2.24, 2.45) is 0 Å². The number of nitrogens with zero attached hydrogens (tertiary/aromatic N) is 3. The van der Waals surface area contributed by atoms with Crippen molar-refractivity contribution in [1.82, 2.24) is 9.97 Å². The number of alkyl halides is 3. The van der Waals surface area contributed by atoms with E-state index in [4.69, 9.17) is 16.7 Å². The van der Waals surface area contributed by atoms with Gasteiger partial charge in [0.1, 0.15) is 5.56 Å². The number of hydrogen-bond donors (Lipinski definition) is 2. The van der Waals surface area contributed by atoms with Gasteiger partial charge in [0, 0.05) is 18.3 Å². The number of aromatic hydroxyl groups is 1. The number of hydrogen-bond acceptors (Lipinski definition) is 7. The quantitative estimate of drug-likeness (QED) is 0.598. The van der Waals surface area contributed by atoms with Crippen molar-refractivity contribution in [1.29, 1.82) is 0 Å². The summed E-state index contributed by atoms with van der Waals surface area (Å²) in [4.78, 5) is 34.0.